The van der Waals surface area contributed by atoms with Crippen LogP contribution >= 0.6 is 0 Å². The van der Waals surface area contributed by atoms with Crippen LogP contribution in [0.2, 0.25) is 0 Å². The highest BCUT2D eigenvalue weighted by Gasteiger charge is 2.19. The van der Waals surface area contributed by atoms with Crippen molar-refractivity contribution in [1.29, 1.82) is 0 Å². The summed E-state index contributed by atoms with van der Waals surface area (Å²) in [5.41, 5.74) is 0.0932. The van der Waals surface area contributed by atoms with Gasteiger partial charge >= 0.3 is 5.97 Å². The number of hydrogen-bond acceptors (Lipinski definition) is 6. The zero-order chi connectivity index (χ0) is 21.3. The first kappa shape index (κ1) is 22.1. The van der Waals surface area contributed by atoms with Gasteiger partial charge in [0.1, 0.15) is 18.6 Å². The minimum atomic E-state index is -3.68. The predicted octanol–water partition coefficient (Wildman–Crippen LogP) is 0.816. The molecule has 0 heterocycles. The van der Waals surface area contributed by atoms with Crippen molar-refractivity contribution in [3.8, 4) is 5.75 Å². The average molecular weight is 420 g/mol. The Kier molecular flexibility index (Phi) is 7.87. The molecule has 0 aromatic heterocycles. The van der Waals surface area contributed by atoms with Gasteiger partial charge in [-0.05, 0) is 24.3 Å². The molecule has 0 aliphatic rings. The summed E-state index contributed by atoms with van der Waals surface area (Å²) in [5.74, 6) is -1.73. The molecule has 1 amide bonds. The maximum atomic E-state index is 12.3. The molecule has 0 radical (unpaired) electrons. The Hall–Kier alpha value is -3.24. The summed E-state index contributed by atoms with van der Waals surface area (Å²) >= 11 is 0. The smallest absolute Gasteiger partial charge is 0.305 e. The van der Waals surface area contributed by atoms with Crippen LogP contribution in [0.15, 0.2) is 59.5 Å². The van der Waals surface area contributed by atoms with Gasteiger partial charge in [-0.15, -0.1) is 0 Å². The Morgan fingerprint density at radius 3 is 2.38 bits per heavy atom. The van der Waals surface area contributed by atoms with E-state index in [-0.39, 0.29) is 29.4 Å². The van der Waals surface area contributed by atoms with Crippen molar-refractivity contribution in [1.82, 2.24) is 10.0 Å². The van der Waals surface area contributed by atoms with Gasteiger partial charge in [0.15, 0.2) is 0 Å². The van der Waals surface area contributed by atoms with Crippen molar-refractivity contribution < 1.29 is 32.6 Å². The van der Waals surface area contributed by atoms with Crippen molar-refractivity contribution in [3.05, 3.63) is 60.2 Å². The summed E-state index contributed by atoms with van der Waals surface area (Å²) in [7, 11) is -3.68. The van der Waals surface area contributed by atoms with Crippen molar-refractivity contribution in [2.75, 3.05) is 13.2 Å². The monoisotopic (exact) mass is 420 g/mol. The van der Waals surface area contributed by atoms with E-state index in [0.29, 0.717) is 6.29 Å². The fourth-order valence-electron chi connectivity index (χ4n) is 2.37. The minimum absolute atomic E-state index is 0.0385. The fourth-order valence-corrected chi connectivity index (χ4v) is 3.40. The van der Waals surface area contributed by atoms with E-state index in [2.05, 4.69) is 10.0 Å². The molecular weight excluding hydrogens is 400 g/mol. The second-order valence-electron chi connectivity index (χ2n) is 5.87. The van der Waals surface area contributed by atoms with Gasteiger partial charge in [0.05, 0.1) is 22.9 Å². The van der Waals surface area contributed by atoms with Crippen LogP contribution < -0.4 is 14.8 Å². The molecule has 1 atom stereocenters. The molecule has 0 aliphatic heterocycles. The Morgan fingerprint density at radius 1 is 1.07 bits per heavy atom. The molecule has 0 saturated heterocycles. The Labute approximate surface area is 167 Å². The van der Waals surface area contributed by atoms with Gasteiger partial charge in [-0.25, -0.2) is 13.1 Å². The normalized spacial score (nSPS) is 12.0. The summed E-state index contributed by atoms with van der Waals surface area (Å²) in [4.78, 5) is 34.1. The molecule has 0 bridgehead atoms. The van der Waals surface area contributed by atoms with E-state index in [9.17, 15) is 22.8 Å². The van der Waals surface area contributed by atoms with Crippen molar-refractivity contribution in [3.63, 3.8) is 0 Å². The van der Waals surface area contributed by atoms with E-state index in [1.54, 1.807) is 30.3 Å². The lowest BCUT2D eigenvalue weighted by Crippen LogP contribution is -2.37. The van der Waals surface area contributed by atoms with Gasteiger partial charge in [0.25, 0.3) is 5.91 Å². The molecule has 2 aromatic carbocycles. The van der Waals surface area contributed by atoms with Crippen LogP contribution in [0.5, 0.6) is 5.75 Å². The van der Waals surface area contributed by atoms with Gasteiger partial charge in [0, 0.05) is 6.54 Å². The lowest BCUT2D eigenvalue weighted by atomic mass is 10.1. The fraction of sp³-hybridized carbons (Fsp3) is 0.211. The van der Waals surface area contributed by atoms with Crippen LogP contribution in [-0.4, -0.2) is 50.9 Å². The molecule has 0 spiro atoms. The van der Waals surface area contributed by atoms with E-state index < -0.39 is 34.4 Å². The third-order valence-electron chi connectivity index (χ3n) is 3.71. The average Bonchev–Trinajstić information content (AvgIpc) is 2.71. The van der Waals surface area contributed by atoms with Crippen molar-refractivity contribution >= 4 is 28.2 Å². The number of carbonyl (C=O) groups excluding carboxylic acids is 2. The second-order valence-corrected chi connectivity index (χ2v) is 7.64. The first-order chi connectivity index (χ1) is 13.8. The van der Waals surface area contributed by atoms with E-state index >= 15 is 0 Å². The van der Waals surface area contributed by atoms with E-state index in [1.165, 1.54) is 24.3 Å². The number of aliphatic carboxylic acids is 1. The standard InChI is InChI=1S/C19H20N2O7S/c22-13-14(12-18(23)24)21-19(25)16-8-4-5-9-17(16)28-11-10-20-29(26,27)15-6-2-1-3-7-15/h1-9,13-14,20H,10-12H2,(H,21,25)(H,23,24). The molecule has 1 unspecified atom stereocenters. The summed E-state index contributed by atoms with van der Waals surface area (Å²) in [6.45, 7) is -0.0915. The van der Waals surface area contributed by atoms with Gasteiger partial charge in [-0.1, -0.05) is 30.3 Å². The molecule has 154 valence electrons. The summed E-state index contributed by atoms with van der Waals surface area (Å²) < 4.78 is 32.2. The molecule has 0 aliphatic carbocycles. The molecule has 9 nitrogen and oxygen atoms in total. The summed E-state index contributed by atoms with van der Waals surface area (Å²) in [6, 6.07) is 12.8. The minimum Gasteiger partial charge on any atom is -0.491 e. The number of amides is 1. The molecule has 29 heavy (non-hydrogen) atoms. The van der Waals surface area contributed by atoms with Crippen LogP contribution in [0.25, 0.3) is 0 Å². The summed E-state index contributed by atoms with van der Waals surface area (Å²) in [6.07, 6.45) is -0.201. The molecule has 2 rings (SSSR count). The molecule has 0 fully saturated rings. The van der Waals surface area contributed by atoms with Gasteiger partial charge in [0.2, 0.25) is 10.0 Å². The zero-order valence-corrected chi connectivity index (χ0v) is 16.1. The number of aldehydes is 1. The lowest BCUT2D eigenvalue weighted by Gasteiger charge is -2.14. The molecule has 10 heteroatoms. The first-order valence-corrected chi connectivity index (χ1v) is 10.1. The number of rotatable bonds is 11. The van der Waals surface area contributed by atoms with Crippen LogP contribution in [0.1, 0.15) is 16.8 Å². The van der Waals surface area contributed by atoms with Crippen LogP contribution in [0.4, 0.5) is 0 Å². The van der Waals surface area contributed by atoms with Crippen LogP contribution in [-0.2, 0) is 19.6 Å². The molecular formula is C19H20N2O7S. The highest BCUT2D eigenvalue weighted by Crippen LogP contribution is 2.18. The number of nitrogens with one attached hydrogen (secondary N) is 2. The van der Waals surface area contributed by atoms with Gasteiger partial charge < -0.3 is 20.0 Å². The Balaban J connectivity index is 1.96. The third-order valence-corrected chi connectivity index (χ3v) is 5.19. The number of benzene rings is 2. The number of hydrogen-bond donors (Lipinski definition) is 3. The van der Waals surface area contributed by atoms with E-state index in [1.807, 2.05) is 0 Å². The lowest BCUT2D eigenvalue weighted by molar-refractivity contribution is -0.138. The van der Waals surface area contributed by atoms with Crippen molar-refractivity contribution in [2.24, 2.45) is 0 Å². The molecule has 0 saturated carbocycles. The first-order valence-electron chi connectivity index (χ1n) is 8.58. The highest BCUT2D eigenvalue weighted by atomic mass is 32.2. The predicted molar refractivity (Wildman–Crippen MR) is 103 cm³/mol. The van der Waals surface area contributed by atoms with Gasteiger partial charge in [-0.3, -0.25) is 9.59 Å². The topological polar surface area (TPSA) is 139 Å². The number of ether oxygens (including phenoxy) is 1. The molecule has 3 N–H and O–H groups in total. The largest absolute Gasteiger partial charge is 0.491 e. The number of sulfonamides is 1. The molecule has 2 aromatic rings. The third kappa shape index (κ3) is 6.70. The van der Waals surface area contributed by atoms with E-state index in [4.69, 9.17) is 9.84 Å². The Bertz CT molecular complexity index is 962. The van der Waals surface area contributed by atoms with Crippen LogP contribution in [0, 0.1) is 0 Å². The Morgan fingerprint density at radius 2 is 1.72 bits per heavy atom. The van der Waals surface area contributed by atoms with Crippen LogP contribution in [0.3, 0.4) is 0 Å². The maximum absolute atomic E-state index is 12.3. The quantitative estimate of drug-likeness (QED) is 0.361. The second kappa shape index (κ2) is 10.3. The number of para-hydroxylation sites is 1. The number of carboxylic acid groups (broad SMARTS) is 1. The number of carbonyl (C=O) groups is 3. The SMILES string of the molecule is O=CC(CC(=O)O)NC(=O)c1ccccc1OCCNS(=O)(=O)c1ccccc1. The zero-order valence-electron chi connectivity index (χ0n) is 15.3. The van der Waals surface area contributed by atoms with Crippen molar-refractivity contribution in [2.45, 2.75) is 17.4 Å². The summed E-state index contributed by atoms with van der Waals surface area (Å²) in [5, 5.41) is 11.1. The maximum Gasteiger partial charge on any atom is 0.305 e. The van der Waals surface area contributed by atoms with E-state index in [0.717, 1.165) is 0 Å². The highest BCUT2D eigenvalue weighted by molar-refractivity contribution is 7.89. The number of carboxylic acids is 1. The van der Waals surface area contributed by atoms with Gasteiger partial charge in [-0.2, -0.15) is 0 Å².